The number of amides is 2. The van der Waals surface area contributed by atoms with Crippen molar-refractivity contribution in [1.29, 1.82) is 0 Å². The average Bonchev–Trinajstić information content (AvgIpc) is 2.86. The van der Waals surface area contributed by atoms with E-state index in [4.69, 9.17) is 0 Å². The predicted molar refractivity (Wildman–Crippen MR) is 130 cm³/mol. The Hall–Kier alpha value is -2.86. The molecular formula is C27H34N4O2. The van der Waals surface area contributed by atoms with Crippen LogP contribution in [0, 0.1) is 5.92 Å². The summed E-state index contributed by atoms with van der Waals surface area (Å²) in [5.74, 6) is 0.420. The number of rotatable bonds is 5. The van der Waals surface area contributed by atoms with Crippen LogP contribution < -0.4 is 5.32 Å². The maximum absolute atomic E-state index is 13.4. The number of para-hydroxylation sites is 1. The summed E-state index contributed by atoms with van der Waals surface area (Å²) >= 11 is 0. The molecule has 0 spiro atoms. The van der Waals surface area contributed by atoms with Crippen molar-refractivity contribution in [2.75, 3.05) is 38.5 Å². The van der Waals surface area contributed by atoms with Crippen molar-refractivity contribution in [2.24, 2.45) is 5.92 Å². The van der Waals surface area contributed by atoms with Crippen molar-refractivity contribution >= 4 is 17.5 Å². The number of piperidine rings is 2. The lowest BCUT2D eigenvalue weighted by Gasteiger charge is -2.45. The van der Waals surface area contributed by atoms with Crippen LogP contribution in [-0.2, 0) is 4.79 Å². The molecule has 0 bridgehead atoms. The molecule has 2 aromatic rings. The zero-order chi connectivity index (χ0) is 22.8. The highest BCUT2D eigenvalue weighted by molar-refractivity contribution is 6.03. The van der Waals surface area contributed by atoms with Gasteiger partial charge in [-0.3, -0.25) is 9.59 Å². The van der Waals surface area contributed by atoms with Gasteiger partial charge in [-0.15, -0.1) is 0 Å². The third-order valence-corrected chi connectivity index (χ3v) is 7.61. The number of benzene rings is 2. The molecule has 0 saturated carbocycles. The number of hydrogen-bond donors (Lipinski definition) is 1. The SMILES string of the molecule is CN(C[C@@H]1CCCN2CCCC[C@H]12)C(=O)CN1C(=O)c2ccccc2N[C@@H]1c1ccccc1. The van der Waals surface area contributed by atoms with Gasteiger partial charge in [-0.25, -0.2) is 0 Å². The van der Waals surface area contributed by atoms with Gasteiger partial charge < -0.3 is 20.0 Å². The van der Waals surface area contributed by atoms with E-state index in [0.717, 1.165) is 17.8 Å². The molecule has 3 aliphatic heterocycles. The summed E-state index contributed by atoms with van der Waals surface area (Å²) in [7, 11) is 1.90. The van der Waals surface area contributed by atoms with Gasteiger partial charge in [0.05, 0.1) is 5.56 Å². The van der Waals surface area contributed by atoms with Crippen LogP contribution >= 0.6 is 0 Å². The van der Waals surface area contributed by atoms with Gasteiger partial charge in [0.25, 0.3) is 5.91 Å². The fraction of sp³-hybridized carbons (Fsp3) is 0.481. The summed E-state index contributed by atoms with van der Waals surface area (Å²) in [5, 5.41) is 3.48. The van der Waals surface area contributed by atoms with Crippen LogP contribution in [0.25, 0.3) is 0 Å². The fourth-order valence-electron chi connectivity index (χ4n) is 5.86. The first-order valence-electron chi connectivity index (χ1n) is 12.3. The van der Waals surface area contributed by atoms with Gasteiger partial charge in [0.2, 0.25) is 5.91 Å². The fourth-order valence-corrected chi connectivity index (χ4v) is 5.86. The summed E-state index contributed by atoms with van der Waals surface area (Å²) in [6.07, 6.45) is 5.86. The topological polar surface area (TPSA) is 55.9 Å². The number of fused-ring (bicyclic) bond motifs is 2. The van der Waals surface area contributed by atoms with Crippen LogP contribution in [0.4, 0.5) is 5.69 Å². The second-order valence-corrected chi connectivity index (χ2v) is 9.71. The van der Waals surface area contributed by atoms with E-state index in [1.54, 1.807) is 4.90 Å². The molecule has 2 fully saturated rings. The highest BCUT2D eigenvalue weighted by Crippen LogP contribution is 2.34. The standard InChI is InChI=1S/C27H34N4O2/c1-29(18-21-12-9-17-30-16-8-7-15-24(21)30)25(32)19-31-26(20-10-3-2-4-11-20)28-23-14-6-5-13-22(23)27(31)33/h2-6,10-11,13-14,21,24,26,28H,7-9,12,15-19H2,1H3/t21-,24+,26-/m0/s1. The average molecular weight is 447 g/mol. The van der Waals surface area contributed by atoms with Crippen molar-refractivity contribution in [3.63, 3.8) is 0 Å². The lowest BCUT2D eigenvalue weighted by atomic mass is 9.83. The van der Waals surface area contributed by atoms with E-state index in [0.29, 0.717) is 17.5 Å². The van der Waals surface area contributed by atoms with E-state index in [9.17, 15) is 9.59 Å². The Labute approximate surface area is 196 Å². The molecule has 0 radical (unpaired) electrons. The van der Waals surface area contributed by atoms with Crippen LogP contribution in [0.15, 0.2) is 54.6 Å². The van der Waals surface area contributed by atoms with E-state index in [-0.39, 0.29) is 24.5 Å². The Bertz CT molecular complexity index is 993. The molecule has 0 aliphatic carbocycles. The second kappa shape index (κ2) is 9.56. The Morgan fingerprint density at radius 2 is 1.76 bits per heavy atom. The van der Waals surface area contributed by atoms with Gasteiger partial charge in [0, 0.05) is 25.3 Å². The van der Waals surface area contributed by atoms with Gasteiger partial charge in [-0.05, 0) is 62.4 Å². The van der Waals surface area contributed by atoms with Crippen molar-refractivity contribution in [3.8, 4) is 0 Å². The van der Waals surface area contributed by atoms with Crippen molar-refractivity contribution in [1.82, 2.24) is 14.7 Å². The molecule has 33 heavy (non-hydrogen) atoms. The first-order valence-corrected chi connectivity index (χ1v) is 12.3. The molecule has 5 rings (SSSR count). The summed E-state index contributed by atoms with van der Waals surface area (Å²) in [6, 6.07) is 18.0. The molecule has 0 aromatic heterocycles. The Morgan fingerprint density at radius 3 is 2.61 bits per heavy atom. The minimum Gasteiger partial charge on any atom is -0.361 e. The predicted octanol–water partition coefficient (Wildman–Crippen LogP) is 3.98. The Balaban J connectivity index is 1.32. The van der Waals surface area contributed by atoms with Crippen LogP contribution in [0.1, 0.15) is 54.2 Å². The molecular weight excluding hydrogens is 412 g/mol. The van der Waals surface area contributed by atoms with Crippen LogP contribution in [-0.4, -0.2) is 65.8 Å². The minimum absolute atomic E-state index is 0.00149. The molecule has 3 atom stereocenters. The monoisotopic (exact) mass is 446 g/mol. The maximum atomic E-state index is 13.4. The Kier molecular flexibility index (Phi) is 6.36. The normalized spacial score (nSPS) is 25.1. The first kappa shape index (κ1) is 22.0. The second-order valence-electron chi connectivity index (χ2n) is 9.71. The number of nitrogens with one attached hydrogen (secondary N) is 1. The molecule has 2 aromatic carbocycles. The minimum atomic E-state index is -0.366. The summed E-state index contributed by atoms with van der Waals surface area (Å²) in [6.45, 7) is 3.23. The maximum Gasteiger partial charge on any atom is 0.258 e. The molecule has 3 heterocycles. The largest absolute Gasteiger partial charge is 0.361 e. The summed E-state index contributed by atoms with van der Waals surface area (Å²) in [5.41, 5.74) is 2.40. The number of carbonyl (C=O) groups is 2. The number of hydrogen-bond acceptors (Lipinski definition) is 4. The van der Waals surface area contributed by atoms with Crippen LogP contribution in [0.5, 0.6) is 0 Å². The van der Waals surface area contributed by atoms with Crippen molar-refractivity contribution < 1.29 is 9.59 Å². The van der Waals surface area contributed by atoms with Crippen LogP contribution in [0.2, 0.25) is 0 Å². The van der Waals surface area contributed by atoms with Crippen LogP contribution in [0.3, 0.4) is 0 Å². The highest BCUT2D eigenvalue weighted by Gasteiger charge is 2.37. The number of nitrogens with zero attached hydrogens (tertiary/aromatic N) is 3. The number of carbonyl (C=O) groups excluding carboxylic acids is 2. The summed E-state index contributed by atoms with van der Waals surface area (Å²) < 4.78 is 0. The zero-order valence-electron chi connectivity index (χ0n) is 19.5. The number of anilines is 1. The molecule has 6 heteroatoms. The third kappa shape index (κ3) is 4.49. The molecule has 6 nitrogen and oxygen atoms in total. The van der Waals surface area contributed by atoms with Gasteiger partial charge in [0.15, 0.2) is 0 Å². The lowest BCUT2D eigenvalue weighted by molar-refractivity contribution is -0.132. The smallest absolute Gasteiger partial charge is 0.258 e. The lowest BCUT2D eigenvalue weighted by Crippen LogP contribution is -2.52. The molecule has 174 valence electrons. The molecule has 0 unspecified atom stereocenters. The highest BCUT2D eigenvalue weighted by atomic mass is 16.2. The van der Waals surface area contributed by atoms with Gasteiger partial charge in [-0.2, -0.15) is 0 Å². The van der Waals surface area contributed by atoms with Gasteiger partial charge in [-0.1, -0.05) is 48.9 Å². The van der Waals surface area contributed by atoms with E-state index in [1.807, 2.05) is 66.5 Å². The summed E-state index contributed by atoms with van der Waals surface area (Å²) in [4.78, 5) is 33.0. The Morgan fingerprint density at radius 1 is 1.00 bits per heavy atom. The van der Waals surface area contributed by atoms with E-state index < -0.39 is 0 Å². The van der Waals surface area contributed by atoms with Crippen molar-refractivity contribution in [3.05, 3.63) is 65.7 Å². The van der Waals surface area contributed by atoms with Crippen molar-refractivity contribution in [2.45, 2.75) is 44.3 Å². The van der Waals surface area contributed by atoms with E-state index >= 15 is 0 Å². The molecule has 1 N–H and O–H groups in total. The van der Waals surface area contributed by atoms with Gasteiger partial charge >= 0.3 is 0 Å². The molecule has 3 aliphatic rings. The van der Waals surface area contributed by atoms with E-state index in [2.05, 4.69) is 10.2 Å². The zero-order valence-corrected chi connectivity index (χ0v) is 19.5. The number of likely N-dealkylation sites (N-methyl/N-ethyl adjacent to an activating group) is 1. The molecule has 2 saturated heterocycles. The van der Waals surface area contributed by atoms with Gasteiger partial charge in [0.1, 0.15) is 12.7 Å². The third-order valence-electron chi connectivity index (χ3n) is 7.61. The first-order chi connectivity index (χ1) is 16.1. The van der Waals surface area contributed by atoms with E-state index in [1.165, 1.54) is 45.2 Å². The quantitative estimate of drug-likeness (QED) is 0.755. The molecule has 2 amide bonds.